The summed E-state index contributed by atoms with van der Waals surface area (Å²) in [6.45, 7) is 2.87. The highest BCUT2D eigenvalue weighted by molar-refractivity contribution is 6.09. The van der Waals surface area contributed by atoms with Crippen molar-refractivity contribution in [3.63, 3.8) is 0 Å². The molecule has 2 aromatic rings. The van der Waals surface area contributed by atoms with Gasteiger partial charge in [0.25, 0.3) is 6.43 Å². The summed E-state index contributed by atoms with van der Waals surface area (Å²) in [6.07, 6.45) is -1.04. The van der Waals surface area contributed by atoms with Gasteiger partial charge in [-0.15, -0.1) is 0 Å². The molecule has 1 fully saturated rings. The van der Waals surface area contributed by atoms with Crippen LogP contribution in [0.25, 0.3) is 0 Å². The average molecular weight is 444 g/mol. The van der Waals surface area contributed by atoms with Crippen LogP contribution in [-0.2, 0) is 21.5 Å². The molecular formula is C22H26F2N6O2. The Labute approximate surface area is 184 Å². The number of nitrogens with two attached hydrogens (primary N) is 1. The van der Waals surface area contributed by atoms with Crippen LogP contribution in [0.4, 0.5) is 8.78 Å². The fourth-order valence-corrected chi connectivity index (χ4v) is 3.72. The average Bonchev–Trinajstić information content (AvgIpc) is 3.43. The number of rotatable bonds is 8. The number of benzene rings is 1. The van der Waals surface area contributed by atoms with Crippen LogP contribution >= 0.6 is 0 Å². The summed E-state index contributed by atoms with van der Waals surface area (Å²) in [5.41, 5.74) is 7.22. The van der Waals surface area contributed by atoms with Crippen LogP contribution in [0.5, 0.6) is 0 Å². The number of carbonyl (C=O) groups excluding carboxylic acids is 2. The lowest BCUT2D eigenvalue weighted by Gasteiger charge is -2.18. The maximum Gasteiger partial charge on any atom is 0.280 e. The third-order valence-electron chi connectivity index (χ3n) is 5.48. The number of amidine groups is 1. The Balaban J connectivity index is 1.88. The van der Waals surface area contributed by atoms with Crippen molar-refractivity contribution in [2.75, 3.05) is 13.6 Å². The molecule has 0 aliphatic heterocycles. The Morgan fingerprint density at radius 2 is 2.00 bits per heavy atom. The highest BCUT2D eigenvalue weighted by Gasteiger charge is 2.50. The van der Waals surface area contributed by atoms with Crippen molar-refractivity contribution in [2.45, 2.75) is 45.1 Å². The third-order valence-corrected chi connectivity index (χ3v) is 5.48. The molecular weight excluding hydrogens is 418 g/mol. The fourth-order valence-electron chi connectivity index (χ4n) is 3.72. The number of nitrogens with zero attached hydrogens (tertiary/aromatic N) is 4. The van der Waals surface area contributed by atoms with Crippen LogP contribution in [0.3, 0.4) is 0 Å². The van der Waals surface area contributed by atoms with Gasteiger partial charge in [0.05, 0.1) is 17.7 Å². The number of aryl methyl sites for hydroxylation is 1. The number of aromatic nitrogens is 2. The lowest BCUT2D eigenvalue weighted by atomic mass is 9.90. The molecule has 3 N–H and O–H groups in total. The van der Waals surface area contributed by atoms with Crippen LogP contribution in [0.2, 0.25) is 0 Å². The number of aliphatic imine (C=N–C) groups is 2. The molecule has 32 heavy (non-hydrogen) atoms. The molecule has 0 bridgehead atoms. The number of halogens is 2. The van der Waals surface area contributed by atoms with E-state index in [2.05, 4.69) is 26.5 Å². The van der Waals surface area contributed by atoms with Crippen molar-refractivity contribution >= 4 is 23.4 Å². The highest BCUT2D eigenvalue weighted by Crippen LogP contribution is 2.51. The van der Waals surface area contributed by atoms with Crippen molar-refractivity contribution < 1.29 is 18.4 Å². The van der Waals surface area contributed by atoms with Gasteiger partial charge in [0.1, 0.15) is 23.8 Å². The first kappa shape index (κ1) is 23.2. The molecule has 0 atom stereocenters. The number of hydrogen-bond donors (Lipinski definition) is 2. The van der Waals surface area contributed by atoms with Crippen LogP contribution < -0.4 is 11.1 Å². The zero-order valence-corrected chi connectivity index (χ0v) is 18.2. The summed E-state index contributed by atoms with van der Waals surface area (Å²) in [5.74, 6) is -0.760. The molecule has 1 aliphatic rings. The van der Waals surface area contributed by atoms with E-state index in [0.29, 0.717) is 11.5 Å². The zero-order chi connectivity index (χ0) is 23.5. The largest absolute Gasteiger partial charge is 0.368 e. The quantitative estimate of drug-likeness (QED) is 0.481. The van der Waals surface area contributed by atoms with E-state index in [1.165, 1.54) is 6.07 Å². The number of hydrogen-bond acceptors (Lipinski definition) is 4. The van der Waals surface area contributed by atoms with Gasteiger partial charge >= 0.3 is 0 Å². The van der Waals surface area contributed by atoms with E-state index in [0.717, 1.165) is 28.7 Å². The number of nitrogens with one attached hydrogen (secondary N) is 1. The van der Waals surface area contributed by atoms with E-state index in [4.69, 9.17) is 5.73 Å². The predicted molar refractivity (Wildman–Crippen MR) is 117 cm³/mol. The topological polar surface area (TPSA) is 115 Å². The minimum Gasteiger partial charge on any atom is -0.368 e. The molecule has 1 saturated carbocycles. The summed E-state index contributed by atoms with van der Waals surface area (Å²) in [5, 5.41) is 6.41. The summed E-state index contributed by atoms with van der Waals surface area (Å²) >= 11 is 0. The molecule has 8 nitrogen and oxygen atoms in total. The van der Waals surface area contributed by atoms with Crippen molar-refractivity contribution in [2.24, 2.45) is 15.7 Å². The summed E-state index contributed by atoms with van der Waals surface area (Å²) < 4.78 is 28.0. The van der Waals surface area contributed by atoms with Gasteiger partial charge in [-0.1, -0.05) is 24.3 Å². The van der Waals surface area contributed by atoms with Crippen molar-refractivity contribution in [3.8, 4) is 0 Å². The first-order valence-electron chi connectivity index (χ1n) is 10.2. The zero-order valence-electron chi connectivity index (χ0n) is 18.2. The Morgan fingerprint density at radius 1 is 1.31 bits per heavy atom. The van der Waals surface area contributed by atoms with Crippen LogP contribution in [0, 0.1) is 6.92 Å². The number of carbonyl (C=O) groups is 2. The third kappa shape index (κ3) is 4.90. The predicted octanol–water partition coefficient (Wildman–Crippen LogP) is 2.30. The molecule has 2 amide bonds. The minimum atomic E-state index is -2.84. The van der Waals surface area contributed by atoms with Crippen LogP contribution in [-0.4, -0.2) is 46.7 Å². The van der Waals surface area contributed by atoms with Gasteiger partial charge in [0.15, 0.2) is 0 Å². The SMILES string of the molecule is CN=C(N=C(C)c1cc(C(F)F)n(CC(=O)NCC(N)=O)n1)C1(c2ccccc2C)CC1. The van der Waals surface area contributed by atoms with Gasteiger partial charge in [0, 0.05) is 7.05 Å². The van der Waals surface area contributed by atoms with Crippen molar-refractivity contribution in [1.29, 1.82) is 0 Å². The van der Waals surface area contributed by atoms with E-state index in [-0.39, 0.29) is 17.7 Å². The number of primary amides is 1. The maximum atomic E-state index is 13.5. The smallest absolute Gasteiger partial charge is 0.280 e. The molecule has 170 valence electrons. The maximum absolute atomic E-state index is 13.5. The summed E-state index contributed by atoms with van der Waals surface area (Å²) in [7, 11) is 1.66. The van der Waals surface area contributed by atoms with Gasteiger partial charge in [-0.2, -0.15) is 5.10 Å². The lowest BCUT2D eigenvalue weighted by Crippen LogP contribution is -2.35. The van der Waals surface area contributed by atoms with E-state index in [1.807, 2.05) is 25.1 Å². The Hall–Kier alpha value is -3.43. The molecule has 1 aromatic carbocycles. The normalized spacial score (nSPS) is 15.7. The monoisotopic (exact) mass is 444 g/mol. The number of alkyl halides is 2. The van der Waals surface area contributed by atoms with Crippen LogP contribution in [0.1, 0.15) is 48.7 Å². The Morgan fingerprint density at radius 3 is 2.56 bits per heavy atom. The van der Waals surface area contributed by atoms with Gasteiger partial charge < -0.3 is 11.1 Å². The van der Waals surface area contributed by atoms with Crippen LogP contribution in [0.15, 0.2) is 40.3 Å². The number of amides is 2. The van der Waals surface area contributed by atoms with E-state index in [9.17, 15) is 18.4 Å². The molecule has 0 radical (unpaired) electrons. The first-order chi connectivity index (χ1) is 15.2. The van der Waals surface area contributed by atoms with E-state index >= 15 is 0 Å². The fraction of sp³-hybridized carbons (Fsp3) is 0.409. The molecule has 1 aliphatic carbocycles. The van der Waals surface area contributed by atoms with Crippen molar-refractivity contribution in [1.82, 2.24) is 15.1 Å². The van der Waals surface area contributed by atoms with Gasteiger partial charge in [0.2, 0.25) is 11.8 Å². The highest BCUT2D eigenvalue weighted by atomic mass is 19.3. The van der Waals surface area contributed by atoms with Gasteiger partial charge in [-0.25, -0.2) is 13.8 Å². The standard InChI is InChI=1S/C22H26F2N6O2/c1-13-6-4-5-7-15(13)22(8-9-22)21(26-3)28-14(2)16-10-17(20(23)24)30(29-16)12-19(32)27-11-18(25)31/h4-7,10,20H,8-9,11-12H2,1-3H3,(H2,25,31)(H,27,32). The molecule has 3 rings (SSSR count). The molecule has 0 unspecified atom stereocenters. The van der Waals surface area contributed by atoms with Gasteiger partial charge in [-0.05, 0) is 43.9 Å². The second-order valence-corrected chi connectivity index (χ2v) is 7.80. The minimum absolute atomic E-state index is 0.227. The molecule has 0 spiro atoms. The second kappa shape index (κ2) is 9.37. The molecule has 1 aromatic heterocycles. The summed E-state index contributed by atoms with van der Waals surface area (Å²) in [4.78, 5) is 31.8. The lowest BCUT2D eigenvalue weighted by molar-refractivity contribution is -0.125. The van der Waals surface area contributed by atoms with E-state index < -0.39 is 30.5 Å². The second-order valence-electron chi connectivity index (χ2n) is 7.80. The first-order valence-corrected chi connectivity index (χ1v) is 10.2. The molecule has 1 heterocycles. The Bertz CT molecular complexity index is 1090. The van der Waals surface area contributed by atoms with E-state index in [1.54, 1.807) is 14.0 Å². The van der Waals surface area contributed by atoms with Crippen molar-refractivity contribution in [3.05, 3.63) is 52.8 Å². The molecule has 10 heteroatoms. The van der Waals surface area contributed by atoms with Gasteiger partial charge in [-0.3, -0.25) is 19.3 Å². The molecule has 0 saturated heterocycles. The Kier molecular flexibility index (Phi) is 6.81. The summed E-state index contributed by atoms with van der Waals surface area (Å²) in [6, 6.07) is 9.27.